The van der Waals surface area contributed by atoms with Crippen molar-refractivity contribution in [1.82, 2.24) is 9.47 Å². The van der Waals surface area contributed by atoms with Gasteiger partial charge < -0.3 is 9.47 Å². The van der Waals surface area contributed by atoms with Crippen LogP contribution in [0.25, 0.3) is 0 Å². The van der Waals surface area contributed by atoms with E-state index in [0.717, 1.165) is 18.0 Å². The maximum Gasteiger partial charge on any atom is 0.270 e. The van der Waals surface area contributed by atoms with Crippen molar-refractivity contribution in [2.45, 2.75) is 6.42 Å². The number of halogens is 1. The van der Waals surface area contributed by atoms with E-state index >= 15 is 0 Å². The lowest BCUT2D eigenvalue weighted by Crippen LogP contribution is -2.35. The molecule has 0 saturated carbocycles. The topological polar surface area (TPSA) is 25.2 Å². The van der Waals surface area contributed by atoms with Crippen molar-refractivity contribution >= 4 is 17.5 Å². The Balaban J connectivity index is 2.16. The third-order valence-electron chi connectivity index (χ3n) is 2.56. The second-order valence-corrected chi connectivity index (χ2v) is 4.16. The van der Waals surface area contributed by atoms with E-state index in [-0.39, 0.29) is 5.91 Å². The van der Waals surface area contributed by atoms with E-state index in [1.165, 1.54) is 0 Å². The first kappa shape index (κ1) is 10.3. The Morgan fingerprint density at radius 1 is 1.53 bits per heavy atom. The highest BCUT2D eigenvalue weighted by Crippen LogP contribution is 2.15. The van der Waals surface area contributed by atoms with Crippen LogP contribution in [0.3, 0.4) is 0 Å². The number of hydrogen-bond acceptors (Lipinski definition) is 1. The lowest BCUT2D eigenvalue weighted by atomic mass is 10.2. The average molecular weight is 225 g/mol. The third-order valence-corrected chi connectivity index (χ3v) is 2.83. The van der Waals surface area contributed by atoms with E-state index in [0.29, 0.717) is 12.2 Å². The molecule has 0 bridgehead atoms. The number of rotatable bonds is 1. The Labute approximate surface area is 93.9 Å². The number of amides is 1. The van der Waals surface area contributed by atoms with Gasteiger partial charge in [-0.3, -0.25) is 4.79 Å². The van der Waals surface area contributed by atoms with Crippen molar-refractivity contribution in [3.05, 3.63) is 35.1 Å². The van der Waals surface area contributed by atoms with Crippen molar-refractivity contribution in [3.63, 3.8) is 0 Å². The fourth-order valence-corrected chi connectivity index (χ4v) is 1.97. The Morgan fingerprint density at radius 3 is 2.93 bits per heavy atom. The molecule has 0 aromatic carbocycles. The second kappa shape index (κ2) is 4.11. The van der Waals surface area contributed by atoms with Crippen LogP contribution in [0.1, 0.15) is 16.9 Å². The van der Waals surface area contributed by atoms with E-state index in [2.05, 4.69) is 0 Å². The summed E-state index contributed by atoms with van der Waals surface area (Å²) in [6.07, 6.45) is 4.68. The van der Waals surface area contributed by atoms with Crippen LogP contribution in [0, 0.1) is 0 Å². The average Bonchev–Trinajstić information content (AvgIpc) is 2.63. The summed E-state index contributed by atoms with van der Waals surface area (Å²) in [6, 6.07) is 3.70. The maximum atomic E-state index is 12.0. The van der Waals surface area contributed by atoms with Gasteiger partial charge in [0.25, 0.3) is 5.91 Å². The van der Waals surface area contributed by atoms with Crippen molar-refractivity contribution in [2.75, 3.05) is 13.1 Å². The number of carbonyl (C=O) groups excluding carboxylic acids is 1. The zero-order valence-electron chi connectivity index (χ0n) is 8.61. The van der Waals surface area contributed by atoms with Crippen molar-refractivity contribution in [3.8, 4) is 0 Å². The van der Waals surface area contributed by atoms with Gasteiger partial charge in [-0.2, -0.15) is 0 Å². The minimum Gasteiger partial charge on any atom is -0.347 e. The standard InChI is InChI=1S/C11H13ClN2O/c1-13-6-3-5-10(13)11(15)14-7-2-4-9(12)8-14/h3-6H,2,7-8H2,1H3. The highest BCUT2D eigenvalue weighted by molar-refractivity contribution is 6.30. The van der Waals surface area contributed by atoms with Crippen LogP contribution >= 0.6 is 11.6 Å². The van der Waals surface area contributed by atoms with Crippen molar-refractivity contribution in [2.24, 2.45) is 7.05 Å². The summed E-state index contributed by atoms with van der Waals surface area (Å²) in [6.45, 7) is 1.28. The van der Waals surface area contributed by atoms with Gasteiger partial charge in [0.05, 0.1) is 6.54 Å². The van der Waals surface area contributed by atoms with Gasteiger partial charge >= 0.3 is 0 Å². The van der Waals surface area contributed by atoms with E-state index in [4.69, 9.17) is 11.6 Å². The molecule has 2 heterocycles. The second-order valence-electron chi connectivity index (χ2n) is 3.67. The molecule has 3 nitrogen and oxygen atoms in total. The predicted molar refractivity (Wildman–Crippen MR) is 59.9 cm³/mol. The van der Waals surface area contributed by atoms with Crippen LogP contribution in [0.5, 0.6) is 0 Å². The molecule has 0 spiro atoms. The van der Waals surface area contributed by atoms with Gasteiger partial charge in [-0.1, -0.05) is 17.7 Å². The molecule has 0 unspecified atom stereocenters. The van der Waals surface area contributed by atoms with E-state index < -0.39 is 0 Å². The third kappa shape index (κ3) is 2.07. The Morgan fingerprint density at radius 2 is 2.33 bits per heavy atom. The molecule has 0 N–H and O–H groups in total. The van der Waals surface area contributed by atoms with Gasteiger partial charge in [-0.25, -0.2) is 0 Å². The summed E-state index contributed by atoms with van der Waals surface area (Å²) in [5.74, 6) is 0.0498. The predicted octanol–water partition coefficient (Wildman–Crippen LogP) is 1.99. The monoisotopic (exact) mass is 224 g/mol. The Bertz CT molecular complexity index is 408. The zero-order chi connectivity index (χ0) is 10.8. The highest BCUT2D eigenvalue weighted by Gasteiger charge is 2.20. The van der Waals surface area contributed by atoms with Crippen LogP contribution in [-0.2, 0) is 7.05 Å². The molecule has 0 aliphatic carbocycles. The minimum atomic E-state index is 0.0498. The molecule has 0 fully saturated rings. The molecule has 15 heavy (non-hydrogen) atoms. The van der Waals surface area contributed by atoms with Crippen LogP contribution < -0.4 is 0 Å². The molecule has 0 radical (unpaired) electrons. The lowest BCUT2D eigenvalue weighted by molar-refractivity contribution is 0.0759. The summed E-state index contributed by atoms with van der Waals surface area (Å²) >= 11 is 5.92. The molecular formula is C11H13ClN2O. The molecule has 1 aromatic rings. The Hall–Kier alpha value is -1.22. The molecule has 1 aliphatic rings. The quantitative estimate of drug-likeness (QED) is 0.716. The number of carbonyl (C=O) groups is 1. The summed E-state index contributed by atoms with van der Waals surface area (Å²) in [5.41, 5.74) is 0.710. The number of nitrogens with zero attached hydrogens (tertiary/aromatic N) is 2. The molecule has 0 atom stereocenters. The van der Waals surface area contributed by atoms with E-state index in [9.17, 15) is 4.79 Å². The van der Waals surface area contributed by atoms with Gasteiger partial charge in [0, 0.05) is 24.8 Å². The maximum absolute atomic E-state index is 12.0. The highest BCUT2D eigenvalue weighted by atomic mass is 35.5. The number of hydrogen-bond donors (Lipinski definition) is 0. The number of aryl methyl sites for hydroxylation is 1. The first-order valence-electron chi connectivity index (χ1n) is 4.93. The van der Waals surface area contributed by atoms with Crippen LogP contribution in [0.15, 0.2) is 29.4 Å². The van der Waals surface area contributed by atoms with Crippen molar-refractivity contribution in [1.29, 1.82) is 0 Å². The largest absolute Gasteiger partial charge is 0.347 e. The first-order valence-corrected chi connectivity index (χ1v) is 5.31. The molecular weight excluding hydrogens is 212 g/mol. The normalized spacial score (nSPS) is 16.4. The fourth-order valence-electron chi connectivity index (χ4n) is 1.72. The molecule has 80 valence electrons. The van der Waals surface area contributed by atoms with Crippen molar-refractivity contribution < 1.29 is 4.79 Å². The number of aromatic nitrogens is 1. The van der Waals surface area contributed by atoms with Crippen LogP contribution in [0.4, 0.5) is 0 Å². The molecule has 1 aromatic heterocycles. The smallest absolute Gasteiger partial charge is 0.270 e. The summed E-state index contributed by atoms with van der Waals surface area (Å²) < 4.78 is 1.83. The Kier molecular flexibility index (Phi) is 2.82. The van der Waals surface area contributed by atoms with Gasteiger partial charge in [-0.05, 0) is 18.6 Å². The molecule has 1 aliphatic heterocycles. The van der Waals surface area contributed by atoms with E-state index in [1.54, 1.807) is 4.90 Å². The van der Waals surface area contributed by atoms with Crippen LogP contribution in [0.2, 0.25) is 0 Å². The summed E-state index contributed by atoms with van der Waals surface area (Å²) in [5, 5.41) is 0.754. The summed E-state index contributed by atoms with van der Waals surface area (Å²) in [4.78, 5) is 13.8. The first-order chi connectivity index (χ1) is 7.18. The van der Waals surface area contributed by atoms with E-state index in [1.807, 2.05) is 36.0 Å². The zero-order valence-corrected chi connectivity index (χ0v) is 9.37. The lowest BCUT2D eigenvalue weighted by Gasteiger charge is -2.25. The molecule has 2 rings (SSSR count). The fraction of sp³-hybridized carbons (Fsp3) is 0.364. The molecule has 4 heteroatoms. The van der Waals surface area contributed by atoms with Crippen LogP contribution in [-0.4, -0.2) is 28.5 Å². The molecule has 1 amide bonds. The van der Waals surface area contributed by atoms with Gasteiger partial charge in [-0.15, -0.1) is 0 Å². The minimum absolute atomic E-state index is 0.0498. The summed E-state index contributed by atoms with van der Waals surface area (Å²) in [7, 11) is 1.87. The van der Waals surface area contributed by atoms with Gasteiger partial charge in [0.15, 0.2) is 0 Å². The molecule has 0 saturated heterocycles. The van der Waals surface area contributed by atoms with Gasteiger partial charge in [0.1, 0.15) is 5.69 Å². The van der Waals surface area contributed by atoms with Gasteiger partial charge in [0.2, 0.25) is 0 Å². The SMILES string of the molecule is Cn1cccc1C(=O)N1CCC=C(Cl)C1.